The van der Waals surface area contributed by atoms with Gasteiger partial charge in [0.05, 0.1) is 0 Å². The first-order chi connectivity index (χ1) is 16.2. The van der Waals surface area contributed by atoms with E-state index in [1.807, 2.05) is 12.1 Å². The fraction of sp³-hybridized carbons (Fsp3) is 0.586. The summed E-state index contributed by atoms with van der Waals surface area (Å²) in [5.74, 6) is 2.87. The van der Waals surface area contributed by atoms with Crippen LogP contribution in [0.25, 0.3) is 0 Å². The van der Waals surface area contributed by atoms with Gasteiger partial charge in [-0.05, 0) is 78.5 Å². The molecule has 0 spiro atoms. The summed E-state index contributed by atoms with van der Waals surface area (Å²) in [6, 6.07) is 15.5. The highest BCUT2D eigenvalue weighted by molar-refractivity contribution is 5.51. The Morgan fingerprint density at radius 2 is 1.58 bits per heavy atom. The Labute approximate surface area is 198 Å². The van der Waals surface area contributed by atoms with Crippen molar-refractivity contribution in [1.29, 1.82) is 0 Å². The van der Waals surface area contributed by atoms with E-state index in [9.17, 15) is 5.11 Å². The van der Waals surface area contributed by atoms with Gasteiger partial charge < -0.3 is 19.5 Å². The van der Waals surface area contributed by atoms with E-state index in [2.05, 4.69) is 35.2 Å². The molecule has 1 aliphatic heterocycles. The molecule has 33 heavy (non-hydrogen) atoms. The normalized spacial score (nSPS) is 24.4. The van der Waals surface area contributed by atoms with E-state index in [-0.39, 0.29) is 6.29 Å². The lowest BCUT2D eigenvalue weighted by Gasteiger charge is -2.38. The van der Waals surface area contributed by atoms with Crippen LogP contribution in [-0.2, 0) is 15.9 Å². The number of hydrogen-bond donors (Lipinski definition) is 1. The van der Waals surface area contributed by atoms with Crippen LogP contribution < -0.4 is 4.90 Å². The highest BCUT2D eigenvalue weighted by Gasteiger charge is 2.37. The van der Waals surface area contributed by atoms with Gasteiger partial charge in [0.25, 0.3) is 0 Å². The van der Waals surface area contributed by atoms with E-state index >= 15 is 0 Å². The Kier molecular flexibility index (Phi) is 6.94. The molecule has 1 heterocycles. The number of aromatic hydroxyl groups is 1. The van der Waals surface area contributed by atoms with Gasteiger partial charge in [0.15, 0.2) is 6.29 Å². The first-order valence-electron chi connectivity index (χ1n) is 12.9. The molecule has 2 atom stereocenters. The van der Waals surface area contributed by atoms with E-state index in [0.717, 1.165) is 38.3 Å². The number of rotatable bonds is 6. The number of anilines is 1. The first kappa shape index (κ1) is 22.7. The third-order valence-electron chi connectivity index (χ3n) is 8.65. The minimum Gasteiger partial charge on any atom is -0.508 e. The standard InChI is InChI=1S/C29H39NO3/c1-32-29(33-2)22-15-17-30(18-16-22)24-10-7-21(8-11-24)28-26(20-5-3-4-6-20)13-9-23-19-25(31)12-14-27(23)28/h7-8,10-12,14,19-20,22,26,28-29,31H,3-6,9,13,15-18H2,1-2H3/t26-,28+/m1/s1. The smallest absolute Gasteiger partial charge is 0.159 e. The lowest BCUT2D eigenvalue weighted by molar-refractivity contribution is -0.141. The summed E-state index contributed by atoms with van der Waals surface area (Å²) in [5, 5.41) is 10.1. The number of phenolic OH excluding ortho intramolecular Hbond substituents is 1. The molecule has 3 aliphatic rings. The molecular formula is C29H39NO3. The topological polar surface area (TPSA) is 41.9 Å². The van der Waals surface area contributed by atoms with Crippen LogP contribution in [0.1, 0.15) is 67.6 Å². The van der Waals surface area contributed by atoms with E-state index in [0.29, 0.717) is 23.5 Å². The lowest BCUT2D eigenvalue weighted by Crippen LogP contribution is -2.39. The molecule has 1 saturated carbocycles. The molecule has 0 radical (unpaired) electrons. The van der Waals surface area contributed by atoms with Crippen molar-refractivity contribution in [1.82, 2.24) is 0 Å². The van der Waals surface area contributed by atoms with Gasteiger partial charge in [0.2, 0.25) is 0 Å². The fourth-order valence-electron chi connectivity index (χ4n) is 6.96. The van der Waals surface area contributed by atoms with Gasteiger partial charge in [-0.25, -0.2) is 0 Å². The van der Waals surface area contributed by atoms with Gasteiger partial charge >= 0.3 is 0 Å². The third-order valence-corrected chi connectivity index (χ3v) is 8.65. The molecule has 1 saturated heterocycles. The minimum atomic E-state index is -0.0900. The molecular weight excluding hydrogens is 410 g/mol. The van der Waals surface area contributed by atoms with Crippen molar-refractivity contribution in [3.63, 3.8) is 0 Å². The van der Waals surface area contributed by atoms with Crippen LogP contribution in [0.3, 0.4) is 0 Å². The number of phenols is 1. The molecule has 0 aromatic heterocycles. The zero-order valence-electron chi connectivity index (χ0n) is 20.2. The van der Waals surface area contributed by atoms with E-state index in [1.54, 1.807) is 14.2 Å². The van der Waals surface area contributed by atoms with Crippen molar-refractivity contribution >= 4 is 5.69 Å². The maximum atomic E-state index is 10.1. The molecule has 2 fully saturated rings. The van der Waals surface area contributed by atoms with Crippen molar-refractivity contribution in [3.8, 4) is 5.75 Å². The van der Waals surface area contributed by atoms with Crippen LogP contribution in [0, 0.1) is 17.8 Å². The summed E-state index contributed by atoms with van der Waals surface area (Å²) in [7, 11) is 3.48. The summed E-state index contributed by atoms with van der Waals surface area (Å²) < 4.78 is 11.0. The highest BCUT2D eigenvalue weighted by atomic mass is 16.7. The van der Waals surface area contributed by atoms with Crippen molar-refractivity contribution in [2.45, 2.75) is 63.6 Å². The predicted molar refractivity (Wildman–Crippen MR) is 133 cm³/mol. The largest absolute Gasteiger partial charge is 0.508 e. The number of fused-ring (bicyclic) bond motifs is 1. The summed E-state index contributed by atoms with van der Waals surface area (Å²) in [6.45, 7) is 2.09. The molecule has 0 unspecified atom stereocenters. The molecule has 2 aromatic carbocycles. The maximum absolute atomic E-state index is 10.1. The van der Waals surface area contributed by atoms with Gasteiger partial charge in [-0.15, -0.1) is 0 Å². The molecule has 4 heteroatoms. The average Bonchev–Trinajstić information content (AvgIpc) is 3.39. The summed E-state index contributed by atoms with van der Waals surface area (Å²) >= 11 is 0. The van der Waals surface area contributed by atoms with E-state index < -0.39 is 0 Å². The van der Waals surface area contributed by atoms with Crippen LogP contribution in [0.5, 0.6) is 5.75 Å². The van der Waals surface area contributed by atoms with Crippen molar-refractivity contribution in [2.24, 2.45) is 17.8 Å². The van der Waals surface area contributed by atoms with Gasteiger partial charge in [0.1, 0.15) is 5.75 Å². The Bertz CT molecular complexity index is 909. The van der Waals surface area contributed by atoms with Crippen molar-refractivity contribution < 1.29 is 14.6 Å². The third kappa shape index (κ3) is 4.65. The first-order valence-corrected chi connectivity index (χ1v) is 12.9. The molecule has 4 nitrogen and oxygen atoms in total. The SMILES string of the molecule is COC(OC)C1CCN(c2ccc([C@@H]3c4ccc(O)cc4CC[C@@H]3C3CCCC3)cc2)CC1. The molecule has 178 valence electrons. The summed E-state index contributed by atoms with van der Waals surface area (Å²) in [6.07, 6.45) is 9.97. The number of ether oxygens (including phenoxy) is 2. The number of piperidine rings is 1. The molecule has 2 aliphatic carbocycles. The van der Waals surface area contributed by atoms with Crippen molar-refractivity contribution in [2.75, 3.05) is 32.2 Å². The van der Waals surface area contributed by atoms with Gasteiger partial charge in [-0.1, -0.05) is 43.9 Å². The monoisotopic (exact) mass is 449 g/mol. The Morgan fingerprint density at radius 1 is 0.879 bits per heavy atom. The molecule has 5 rings (SSSR count). The number of methoxy groups -OCH3 is 2. The van der Waals surface area contributed by atoms with Crippen LogP contribution in [0.2, 0.25) is 0 Å². The summed E-state index contributed by atoms with van der Waals surface area (Å²) in [5.41, 5.74) is 5.54. The second-order valence-corrected chi connectivity index (χ2v) is 10.4. The second kappa shape index (κ2) is 10.1. The number of benzene rings is 2. The van der Waals surface area contributed by atoms with Crippen LogP contribution in [0.15, 0.2) is 42.5 Å². The summed E-state index contributed by atoms with van der Waals surface area (Å²) in [4.78, 5) is 2.50. The maximum Gasteiger partial charge on any atom is 0.159 e. The Balaban J connectivity index is 1.36. The zero-order chi connectivity index (χ0) is 22.8. The minimum absolute atomic E-state index is 0.0900. The fourth-order valence-corrected chi connectivity index (χ4v) is 6.96. The van der Waals surface area contributed by atoms with E-state index in [4.69, 9.17) is 9.47 Å². The second-order valence-electron chi connectivity index (χ2n) is 10.4. The number of hydrogen-bond acceptors (Lipinski definition) is 4. The number of nitrogens with zero attached hydrogens (tertiary/aromatic N) is 1. The van der Waals surface area contributed by atoms with E-state index in [1.165, 1.54) is 54.5 Å². The van der Waals surface area contributed by atoms with Crippen LogP contribution >= 0.6 is 0 Å². The van der Waals surface area contributed by atoms with Gasteiger partial charge in [-0.2, -0.15) is 0 Å². The Hall–Kier alpha value is -2.04. The Morgan fingerprint density at radius 3 is 2.24 bits per heavy atom. The van der Waals surface area contributed by atoms with Gasteiger partial charge in [0, 0.05) is 44.8 Å². The number of aryl methyl sites for hydroxylation is 1. The quantitative estimate of drug-likeness (QED) is 0.540. The predicted octanol–water partition coefficient (Wildman–Crippen LogP) is 6.11. The van der Waals surface area contributed by atoms with Gasteiger partial charge in [-0.3, -0.25) is 0 Å². The average molecular weight is 450 g/mol. The van der Waals surface area contributed by atoms with Crippen molar-refractivity contribution in [3.05, 3.63) is 59.2 Å². The highest BCUT2D eigenvalue weighted by Crippen LogP contribution is 2.49. The molecule has 0 bridgehead atoms. The van der Waals surface area contributed by atoms with Crippen LogP contribution in [0.4, 0.5) is 5.69 Å². The zero-order valence-corrected chi connectivity index (χ0v) is 20.2. The van der Waals surface area contributed by atoms with Crippen LogP contribution in [-0.4, -0.2) is 38.7 Å². The molecule has 2 aromatic rings. The molecule has 0 amide bonds. The molecule has 1 N–H and O–H groups in total. The lowest BCUT2D eigenvalue weighted by atomic mass is 9.66.